The Hall–Kier alpha value is -3.49. The van der Waals surface area contributed by atoms with Crippen molar-refractivity contribution in [1.29, 1.82) is 0 Å². The minimum Gasteiger partial charge on any atom is -0.322 e. The Morgan fingerprint density at radius 2 is 1.63 bits per heavy atom. The lowest BCUT2D eigenvalue weighted by Crippen LogP contribution is -2.67. The van der Waals surface area contributed by atoms with Gasteiger partial charge in [0.05, 0.1) is 17.2 Å². The molecule has 3 aromatic carbocycles. The minimum atomic E-state index is -4.43. The van der Waals surface area contributed by atoms with Crippen LogP contribution in [0.4, 0.5) is 15.8 Å². The number of hydrogen-bond acceptors (Lipinski definition) is 7. The maximum atomic E-state index is 14.7. The zero-order valence-electron chi connectivity index (χ0n) is 23.4. The lowest BCUT2D eigenvalue weighted by molar-refractivity contribution is -0.126. The highest BCUT2D eigenvalue weighted by Crippen LogP contribution is 2.62. The van der Waals surface area contributed by atoms with Crippen LogP contribution in [0, 0.1) is 11.7 Å². The Balaban J connectivity index is 1.53. The summed E-state index contributed by atoms with van der Waals surface area (Å²) in [5, 5.41) is 11.3. The van der Waals surface area contributed by atoms with E-state index in [4.69, 9.17) is 5.14 Å². The number of carbonyl (C=O) groups excluding carboxylic acids is 2. The van der Waals surface area contributed by atoms with Gasteiger partial charge in [0.2, 0.25) is 10.0 Å². The van der Waals surface area contributed by atoms with Crippen molar-refractivity contribution in [1.82, 2.24) is 9.21 Å². The van der Waals surface area contributed by atoms with Crippen molar-refractivity contribution in [3.05, 3.63) is 83.7 Å². The number of primary sulfonamides is 1. The summed E-state index contributed by atoms with van der Waals surface area (Å²) in [6.07, 6.45) is 2.67. The van der Waals surface area contributed by atoms with Gasteiger partial charge in [-0.1, -0.05) is 6.07 Å². The van der Waals surface area contributed by atoms with E-state index in [1.807, 2.05) is 0 Å². The predicted molar refractivity (Wildman–Crippen MR) is 159 cm³/mol. The van der Waals surface area contributed by atoms with E-state index >= 15 is 0 Å². The molecule has 3 aromatic rings. The van der Waals surface area contributed by atoms with Gasteiger partial charge >= 0.3 is 15.9 Å². The predicted octanol–water partition coefficient (Wildman–Crippen LogP) is 3.38. The molecule has 13 heteroatoms. The van der Waals surface area contributed by atoms with E-state index in [0.29, 0.717) is 37.2 Å². The summed E-state index contributed by atoms with van der Waals surface area (Å²) in [6.45, 7) is 2.50. The molecular weight excluding hydrogens is 595 g/mol. The number of benzene rings is 3. The topological polar surface area (TPSA) is 152 Å². The van der Waals surface area contributed by atoms with Gasteiger partial charge in [0, 0.05) is 28.8 Å². The molecule has 4 N–H and O–H groups in total. The molecule has 3 aliphatic rings. The molecule has 43 heavy (non-hydrogen) atoms. The summed E-state index contributed by atoms with van der Waals surface area (Å²) in [6, 6.07) is 14.2. The van der Waals surface area contributed by atoms with Gasteiger partial charge in [-0.3, -0.25) is 4.79 Å². The average molecular weight is 628 g/mol. The number of sulfonamides is 2. The summed E-state index contributed by atoms with van der Waals surface area (Å²) in [5.74, 6) is -1.72. The van der Waals surface area contributed by atoms with Crippen LogP contribution in [0.25, 0.3) is 0 Å². The van der Waals surface area contributed by atoms with E-state index in [1.54, 1.807) is 12.1 Å². The number of carbonyl (C=O) groups is 2. The standard InChI is InChI=1S/C30H31FN4O6S2/c1-19(36)35(43(40,41)24-10-8-22(31)9-11-24)27-12-7-21(29(37)34-23-3-2-4-25(18-23)42(32,38)39)17-26(27)30(13-15-33-16-14-30)28(35)20-5-6-20/h2-4,7-12,17-18,20,28,33H,5-6,13-16H2,1H3,(H2-,32,34,37,38,39)/p+1. The molecule has 10 nitrogen and oxygen atoms in total. The molecule has 0 aromatic heterocycles. The SMILES string of the molecule is CC(=O)[N+]1(S(=O)(=O)c2ccc(F)cc2)c2ccc(C(=O)Nc3cccc(S(N)(=O)=O)c3)cc2C2(CCNCC2)C1C1CC1. The van der Waals surface area contributed by atoms with Gasteiger partial charge in [-0.15, -0.1) is 3.89 Å². The van der Waals surface area contributed by atoms with Gasteiger partial charge in [-0.25, -0.2) is 22.7 Å². The van der Waals surface area contributed by atoms with E-state index in [0.717, 1.165) is 25.0 Å². The molecule has 1 spiro atoms. The Bertz CT molecular complexity index is 1850. The summed E-state index contributed by atoms with van der Waals surface area (Å²) in [7, 11) is -8.42. The van der Waals surface area contributed by atoms with Gasteiger partial charge in [0.1, 0.15) is 16.8 Å². The van der Waals surface area contributed by atoms with Crippen molar-refractivity contribution in [2.45, 2.75) is 53.9 Å². The summed E-state index contributed by atoms with van der Waals surface area (Å²) < 4.78 is 65.9. The van der Waals surface area contributed by atoms with Crippen molar-refractivity contribution in [3.8, 4) is 0 Å². The molecule has 1 saturated heterocycles. The lowest BCUT2D eigenvalue weighted by Gasteiger charge is -2.43. The second-order valence-electron chi connectivity index (χ2n) is 11.6. The molecule has 2 amide bonds. The number of halogens is 1. The van der Waals surface area contributed by atoms with Gasteiger partial charge in [0.15, 0.2) is 5.69 Å². The zero-order chi connectivity index (χ0) is 30.8. The third-order valence-electron chi connectivity index (χ3n) is 9.05. The maximum absolute atomic E-state index is 14.7. The Kier molecular flexibility index (Phi) is 7.09. The zero-order valence-corrected chi connectivity index (χ0v) is 25.0. The summed E-state index contributed by atoms with van der Waals surface area (Å²) >= 11 is 0. The molecule has 6 rings (SSSR count). The fourth-order valence-electron chi connectivity index (χ4n) is 7.16. The number of hydrogen-bond donors (Lipinski definition) is 3. The van der Waals surface area contributed by atoms with Gasteiger partial charge in [-0.2, -0.15) is 8.42 Å². The van der Waals surface area contributed by atoms with Crippen molar-refractivity contribution < 1.29 is 30.8 Å². The molecule has 2 unspecified atom stereocenters. The van der Waals surface area contributed by atoms with Crippen LogP contribution >= 0.6 is 0 Å². The molecule has 2 heterocycles. The van der Waals surface area contributed by atoms with E-state index in [-0.39, 0.29) is 27.0 Å². The minimum absolute atomic E-state index is 0.0390. The first-order valence-electron chi connectivity index (χ1n) is 14.0. The molecule has 2 fully saturated rings. The first kappa shape index (κ1) is 29.6. The Morgan fingerprint density at radius 1 is 0.953 bits per heavy atom. The van der Waals surface area contributed by atoms with Gasteiger partial charge in [0.25, 0.3) is 5.91 Å². The lowest BCUT2D eigenvalue weighted by atomic mass is 9.68. The number of amides is 2. The van der Waals surface area contributed by atoms with Crippen molar-refractivity contribution in [3.63, 3.8) is 0 Å². The monoisotopic (exact) mass is 627 g/mol. The number of quaternary nitrogens is 1. The normalized spacial score (nSPS) is 23.1. The third kappa shape index (κ3) is 4.61. The van der Waals surface area contributed by atoms with Gasteiger partial charge in [-0.05, 0) is 93.4 Å². The average Bonchev–Trinajstić information content (AvgIpc) is 3.77. The van der Waals surface area contributed by atoms with E-state index in [9.17, 15) is 30.8 Å². The highest BCUT2D eigenvalue weighted by Gasteiger charge is 2.73. The second kappa shape index (κ2) is 10.3. The van der Waals surface area contributed by atoms with Crippen LogP contribution in [0.15, 0.2) is 76.5 Å². The highest BCUT2D eigenvalue weighted by molar-refractivity contribution is 7.91. The van der Waals surface area contributed by atoms with Crippen LogP contribution in [0.2, 0.25) is 0 Å². The van der Waals surface area contributed by atoms with Crippen LogP contribution < -0.4 is 19.7 Å². The Labute approximate surface area is 249 Å². The fourth-order valence-corrected chi connectivity index (χ4v) is 9.96. The smallest absolute Gasteiger partial charge is 0.322 e. The molecule has 0 bridgehead atoms. The van der Waals surface area contributed by atoms with Crippen LogP contribution in [0.5, 0.6) is 0 Å². The summed E-state index contributed by atoms with van der Waals surface area (Å²) in [4.78, 5) is 27.1. The first-order chi connectivity index (χ1) is 20.3. The quantitative estimate of drug-likeness (QED) is 0.354. The molecule has 2 aliphatic heterocycles. The highest BCUT2D eigenvalue weighted by atomic mass is 32.2. The van der Waals surface area contributed by atoms with Crippen LogP contribution in [0.1, 0.15) is 48.5 Å². The molecule has 1 saturated carbocycles. The number of nitrogens with one attached hydrogen (secondary N) is 2. The molecule has 1 aliphatic carbocycles. The maximum Gasteiger partial charge on any atom is 0.339 e. The Morgan fingerprint density at radius 3 is 2.23 bits per heavy atom. The molecular formula is C30H32FN4O6S2+. The molecule has 226 valence electrons. The number of anilines is 1. The van der Waals surface area contributed by atoms with Crippen molar-refractivity contribution in [2.24, 2.45) is 11.1 Å². The van der Waals surface area contributed by atoms with Gasteiger partial charge < -0.3 is 10.6 Å². The van der Waals surface area contributed by atoms with E-state index in [2.05, 4.69) is 10.6 Å². The van der Waals surface area contributed by atoms with Crippen LogP contribution in [-0.4, -0.2) is 47.8 Å². The second-order valence-corrected chi connectivity index (χ2v) is 15.1. The number of piperidine rings is 1. The number of rotatable bonds is 6. The molecule has 0 radical (unpaired) electrons. The largest absolute Gasteiger partial charge is 0.339 e. The van der Waals surface area contributed by atoms with Crippen molar-refractivity contribution in [2.75, 3.05) is 18.4 Å². The molecule has 2 atom stereocenters. The number of fused-ring (bicyclic) bond motifs is 2. The van der Waals surface area contributed by atoms with Crippen molar-refractivity contribution >= 4 is 43.2 Å². The fraction of sp³-hybridized carbons (Fsp3) is 0.333. The number of nitrogens with zero attached hydrogens (tertiary/aromatic N) is 1. The third-order valence-corrected chi connectivity index (χ3v) is 12.3. The summed E-state index contributed by atoms with van der Waals surface area (Å²) in [5.41, 5.74) is 0.679. The van der Waals surface area contributed by atoms with Crippen LogP contribution in [0.3, 0.4) is 0 Å². The number of nitrogens with two attached hydrogens (primary N) is 1. The first-order valence-corrected chi connectivity index (χ1v) is 17.0. The van der Waals surface area contributed by atoms with Crippen LogP contribution in [-0.2, 0) is 30.3 Å². The van der Waals surface area contributed by atoms with E-state index in [1.165, 1.54) is 49.4 Å². The van der Waals surface area contributed by atoms with E-state index < -0.39 is 53.0 Å².